The summed E-state index contributed by atoms with van der Waals surface area (Å²) >= 11 is 5.84. The number of carbonyl (C=O) groups is 1. The smallest absolute Gasteiger partial charge is 0.262 e. The van der Waals surface area contributed by atoms with E-state index in [1.165, 1.54) is 24.4 Å². The van der Waals surface area contributed by atoms with E-state index in [4.69, 9.17) is 22.3 Å². The predicted octanol–water partition coefficient (Wildman–Crippen LogP) is 3.22. The minimum atomic E-state index is -3.92. The highest BCUT2D eigenvalue weighted by Crippen LogP contribution is 2.27. The van der Waals surface area contributed by atoms with Crippen LogP contribution in [-0.4, -0.2) is 19.3 Å². The van der Waals surface area contributed by atoms with Gasteiger partial charge in [0.05, 0.1) is 5.02 Å². The number of rotatable bonds is 3. The zero-order chi connectivity index (χ0) is 15.6. The molecule has 21 heavy (non-hydrogen) atoms. The first-order valence-corrected chi connectivity index (χ1v) is 8.44. The first kappa shape index (κ1) is 15.8. The maximum absolute atomic E-state index is 12.0. The number of nitrogens with zero attached hydrogens (tertiary/aromatic N) is 1. The molecule has 0 unspecified atom stereocenters. The summed E-state index contributed by atoms with van der Waals surface area (Å²) < 4.78 is 22.5. The molecule has 0 saturated carbocycles. The highest BCUT2D eigenvalue weighted by molar-refractivity contribution is 8.13. The van der Waals surface area contributed by atoms with Gasteiger partial charge in [-0.3, -0.25) is 9.78 Å². The molecule has 5 nitrogen and oxygen atoms in total. The van der Waals surface area contributed by atoms with Crippen molar-refractivity contribution in [3.63, 3.8) is 0 Å². The molecule has 2 rings (SSSR count). The zero-order valence-corrected chi connectivity index (χ0v) is 13.1. The lowest BCUT2D eigenvalue weighted by molar-refractivity contribution is 0.102. The molecule has 8 heteroatoms. The fourth-order valence-corrected chi connectivity index (χ4v) is 3.20. The molecule has 0 aliphatic rings. The Morgan fingerprint density at radius 1 is 1.24 bits per heavy atom. The summed E-state index contributed by atoms with van der Waals surface area (Å²) in [5.74, 6) is -0.349. The van der Waals surface area contributed by atoms with Gasteiger partial charge < -0.3 is 5.32 Å². The van der Waals surface area contributed by atoms with Crippen molar-refractivity contribution in [1.82, 2.24) is 4.98 Å². The lowest BCUT2D eigenvalue weighted by atomic mass is 10.2. The molecule has 1 N–H and O–H groups in total. The van der Waals surface area contributed by atoms with Gasteiger partial charge in [-0.1, -0.05) is 11.6 Å². The lowest BCUT2D eigenvalue weighted by Crippen LogP contribution is -2.12. The fraction of sp³-hybridized carbons (Fsp3) is 0.0769. The lowest BCUT2D eigenvalue weighted by Gasteiger charge is -2.07. The van der Waals surface area contributed by atoms with Gasteiger partial charge in [0.25, 0.3) is 15.0 Å². The molecule has 0 bridgehead atoms. The molecule has 0 spiro atoms. The van der Waals surface area contributed by atoms with Gasteiger partial charge in [0, 0.05) is 33.8 Å². The van der Waals surface area contributed by atoms with Crippen LogP contribution in [0.2, 0.25) is 5.02 Å². The van der Waals surface area contributed by atoms with Gasteiger partial charge in [0.2, 0.25) is 0 Å². The number of benzene rings is 1. The Kier molecular flexibility index (Phi) is 4.51. The van der Waals surface area contributed by atoms with E-state index in [2.05, 4.69) is 10.3 Å². The van der Waals surface area contributed by atoms with Crippen LogP contribution in [-0.2, 0) is 9.05 Å². The van der Waals surface area contributed by atoms with E-state index >= 15 is 0 Å². The van der Waals surface area contributed by atoms with Crippen molar-refractivity contribution < 1.29 is 13.2 Å². The Bertz CT molecular complexity index is 807. The fourth-order valence-electron chi connectivity index (χ4n) is 1.67. The molecule has 1 aromatic carbocycles. The van der Waals surface area contributed by atoms with E-state index in [-0.39, 0.29) is 15.8 Å². The number of nitrogens with one attached hydrogen (secondary N) is 1. The zero-order valence-electron chi connectivity index (χ0n) is 10.8. The van der Waals surface area contributed by atoms with Gasteiger partial charge in [-0.15, -0.1) is 0 Å². The summed E-state index contributed by atoms with van der Waals surface area (Å²) in [4.78, 5) is 15.8. The van der Waals surface area contributed by atoms with E-state index < -0.39 is 9.05 Å². The van der Waals surface area contributed by atoms with Gasteiger partial charge in [0.1, 0.15) is 4.90 Å². The van der Waals surface area contributed by atoms with Crippen molar-refractivity contribution in [1.29, 1.82) is 0 Å². The van der Waals surface area contributed by atoms with Crippen LogP contribution in [0.1, 0.15) is 16.1 Å². The number of anilines is 1. The molecule has 0 saturated heterocycles. The van der Waals surface area contributed by atoms with E-state index in [1.54, 1.807) is 19.1 Å². The van der Waals surface area contributed by atoms with Gasteiger partial charge in [-0.25, -0.2) is 8.42 Å². The Balaban J connectivity index is 2.25. The second-order valence-electron chi connectivity index (χ2n) is 4.22. The minimum Gasteiger partial charge on any atom is -0.322 e. The third kappa shape index (κ3) is 3.93. The molecule has 0 radical (unpaired) electrons. The van der Waals surface area contributed by atoms with Gasteiger partial charge in [-0.2, -0.15) is 0 Å². The molecule has 1 aromatic heterocycles. The molecule has 110 valence electrons. The molecule has 0 aliphatic heterocycles. The van der Waals surface area contributed by atoms with Crippen LogP contribution < -0.4 is 5.32 Å². The van der Waals surface area contributed by atoms with Crippen molar-refractivity contribution in [3.8, 4) is 0 Å². The largest absolute Gasteiger partial charge is 0.322 e. The SMILES string of the molecule is Cc1cc(C(=O)Nc2ccc(S(=O)(=O)Cl)c(Cl)c2)ccn1. The van der Waals surface area contributed by atoms with Crippen molar-refractivity contribution >= 4 is 42.9 Å². The van der Waals surface area contributed by atoms with Crippen LogP contribution in [0.15, 0.2) is 41.4 Å². The van der Waals surface area contributed by atoms with Gasteiger partial charge in [-0.05, 0) is 37.3 Å². The summed E-state index contributed by atoms with van der Waals surface area (Å²) in [6, 6.07) is 7.17. The molecular weight excluding hydrogens is 335 g/mol. The Morgan fingerprint density at radius 3 is 2.52 bits per heavy atom. The van der Waals surface area contributed by atoms with E-state index in [0.29, 0.717) is 16.9 Å². The van der Waals surface area contributed by atoms with Crippen molar-refractivity contribution in [2.24, 2.45) is 0 Å². The highest BCUT2D eigenvalue weighted by atomic mass is 35.7. The van der Waals surface area contributed by atoms with Crippen LogP contribution in [0.3, 0.4) is 0 Å². The number of aromatic nitrogens is 1. The number of hydrogen-bond acceptors (Lipinski definition) is 4. The van der Waals surface area contributed by atoms with Gasteiger partial charge in [0.15, 0.2) is 0 Å². The summed E-state index contributed by atoms with van der Waals surface area (Å²) in [5.41, 5.74) is 1.51. The second-order valence-corrected chi connectivity index (χ2v) is 7.16. The Morgan fingerprint density at radius 2 is 1.95 bits per heavy atom. The topological polar surface area (TPSA) is 76.1 Å². The van der Waals surface area contributed by atoms with E-state index in [1.807, 2.05) is 0 Å². The summed E-state index contributed by atoms with van der Waals surface area (Å²) in [6.45, 7) is 1.77. The quantitative estimate of drug-likeness (QED) is 0.867. The monoisotopic (exact) mass is 344 g/mol. The average Bonchev–Trinajstić information content (AvgIpc) is 2.37. The summed E-state index contributed by atoms with van der Waals surface area (Å²) in [5, 5.41) is 2.55. The molecule has 0 fully saturated rings. The molecule has 2 aromatic rings. The third-order valence-electron chi connectivity index (χ3n) is 2.61. The van der Waals surface area contributed by atoms with Crippen LogP contribution in [0.25, 0.3) is 0 Å². The molecule has 0 aliphatic carbocycles. The first-order chi connectivity index (χ1) is 9.77. The average molecular weight is 345 g/mol. The second kappa shape index (κ2) is 6.01. The number of halogens is 2. The minimum absolute atomic E-state index is 0.0614. The molecule has 1 heterocycles. The third-order valence-corrected chi connectivity index (χ3v) is 4.42. The normalized spacial score (nSPS) is 11.2. The number of pyridine rings is 1. The van der Waals surface area contributed by atoms with Crippen LogP contribution in [0.4, 0.5) is 5.69 Å². The van der Waals surface area contributed by atoms with Crippen molar-refractivity contribution in [2.75, 3.05) is 5.32 Å². The summed E-state index contributed by atoms with van der Waals surface area (Å²) in [7, 11) is 1.31. The standard InChI is InChI=1S/C13H10Cl2N2O3S/c1-8-6-9(4-5-16-8)13(18)17-10-2-3-12(11(14)7-10)21(15,19)20/h2-7H,1H3,(H,17,18). The maximum Gasteiger partial charge on any atom is 0.262 e. The number of carbonyl (C=O) groups excluding carboxylic acids is 1. The number of aryl methyl sites for hydroxylation is 1. The summed E-state index contributed by atoms with van der Waals surface area (Å²) in [6.07, 6.45) is 1.53. The molecular formula is C13H10Cl2N2O3S. The van der Waals surface area contributed by atoms with E-state index in [0.717, 1.165) is 0 Å². The first-order valence-electron chi connectivity index (χ1n) is 5.75. The van der Waals surface area contributed by atoms with Crippen LogP contribution in [0.5, 0.6) is 0 Å². The molecule has 1 amide bonds. The van der Waals surface area contributed by atoms with Crippen molar-refractivity contribution in [3.05, 3.63) is 52.8 Å². The van der Waals surface area contributed by atoms with Crippen molar-refractivity contribution in [2.45, 2.75) is 11.8 Å². The predicted molar refractivity (Wildman–Crippen MR) is 81.4 cm³/mol. The Hall–Kier alpha value is -1.63. The number of hydrogen-bond donors (Lipinski definition) is 1. The van der Waals surface area contributed by atoms with Gasteiger partial charge >= 0.3 is 0 Å². The molecule has 0 atom stereocenters. The van der Waals surface area contributed by atoms with Crippen LogP contribution >= 0.6 is 22.3 Å². The van der Waals surface area contributed by atoms with Crippen LogP contribution in [0, 0.1) is 6.92 Å². The maximum atomic E-state index is 12.0. The Labute approximate surface area is 131 Å². The van der Waals surface area contributed by atoms with E-state index in [9.17, 15) is 13.2 Å². The number of amides is 1. The highest BCUT2D eigenvalue weighted by Gasteiger charge is 2.15.